The molecule has 23 heavy (non-hydrogen) atoms. The minimum Gasteiger partial charge on any atom is -0.395 e. The summed E-state index contributed by atoms with van der Waals surface area (Å²) in [6, 6.07) is 17.7. The third kappa shape index (κ3) is 6.04. The number of benzene rings is 2. The van der Waals surface area contributed by atoms with Gasteiger partial charge in [0, 0.05) is 24.1 Å². The molecule has 0 bridgehead atoms. The van der Waals surface area contributed by atoms with Gasteiger partial charge < -0.3 is 15.3 Å². The molecule has 0 aliphatic rings. The topological polar surface area (TPSA) is 52.6 Å². The number of aliphatic hydroxyl groups is 1. The molecule has 2 amide bonds. The van der Waals surface area contributed by atoms with Crippen molar-refractivity contribution < 1.29 is 9.90 Å². The zero-order valence-electron chi connectivity index (χ0n) is 12.9. The summed E-state index contributed by atoms with van der Waals surface area (Å²) in [5, 5.41) is 12.1. The van der Waals surface area contributed by atoms with Crippen molar-refractivity contribution in [2.75, 3.05) is 19.7 Å². The number of rotatable bonds is 7. The van der Waals surface area contributed by atoms with Crippen molar-refractivity contribution in [3.05, 3.63) is 70.2 Å². The first kappa shape index (κ1) is 17.5. The Hall–Kier alpha value is -1.85. The summed E-state index contributed by atoms with van der Waals surface area (Å²) >= 11 is 3.40. The van der Waals surface area contributed by atoms with Crippen LogP contribution in [-0.2, 0) is 13.0 Å². The van der Waals surface area contributed by atoms with Crippen molar-refractivity contribution in [1.29, 1.82) is 0 Å². The van der Waals surface area contributed by atoms with E-state index in [0.717, 1.165) is 16.5 Å². The highest BCUT2D eigenvalue weighted by atomic mass is 79.9. The van der Waals surface area contributed by atoms with Gasteiger partial charge in [-0.1, -0.05) is 58.4 Å². The highest BCUT2D eigenvalue weighted by molar-refractivity contribution is 9.10. The summed E-state index contributed by atoms with van der Waals surface area (Å²) in [4.78, 5) is 13.9. The van der Waals surface area contributed by atoms with Gasteiger partial charge in [-0.3, -0.25) is 0 Å². The Balaban J connectivity index is 1.84. The third-order valence-electron chi connectivity index (χ3n) is 3.48. The zero-order chi connectivity index (χ0) is 16.5. The van der Waals surface area contributed by atoms with Crippen molar-refractivity contribution in [2.45, 2.75) is 13.0 Å². The van der Waals surface area contributed by atoms with Crippen LogP contribution in [0.3, 0.4) is 0 Å². The molecule has 0 saturated heterocycles. The highest BCUT2D eigenvalue weighted by Crippen LogP contribution is 2.10. The molecular weight excluding hydrogens is 356 g/mol. The van der Waals surface area contributed by atoms with Crippen LogP contribution in [0.4, 0.5) is 4.79 Å². The molecule has 2 aromatic carbocycles. The number of urea groups is 1. The molecule has 0 aliphatic heterocycles. The largest absolute Gasteiger partial charge is 0.395 e. The number of nitrogens with one attached hydrogen (secondary N) is 1. The fourth-order valence-corrected chi connectivity index (χ4v) is 2.52. The van der Waals surface area contributed by atoms with E-state index in [1.54, 1.807) is 4.90 Å². The van der Waals surface area contributed by atoms with Gasteiger partial charge in [-0.15, -0.1) is 0 Å². The molecule has 5 heteroatoms. The summed E-state index contributed by atoms with van der Waals surface area (Å²) < 4.78 is 1.04. The number of amides is 2. The third-order valence-corrected chi connectivity index (χ3v) is 4.01. The second kappa shape index (κ2) is 9.33. The molecule has 0 radical (unpaired) electrons. The summed E-state index contributed by atoms with van der Waals surface area (Å²) in [6.45, 7) is 1.33. The number of aliphatic hydroxyl groups excluding tert-OH is 1. The first-order valence-corrected chi connectivity index (χ1v) is 8.40. The maximum Gasteiger partial charge on any atom is 0.317 e. The van der Waals surface area contributed by atoms with Gasteiger partial charge in [0.05, 0.1) is 6.61 Å². The summed E-state index contributed by atoms with van der Waals surface area (Å²) in [7, 11) is 0. The Bertz CT molecular complexity index is 602. The Labute approximate surface area is 145 Å². The quantitative estimate of drug-likeness (QED) is 0.779. The molecular formula is C18H21BrN2O2. The van der Waals surface area contributed by atoms with E-state index < -0.39 is 0 Å². The number of carbonyl (C=O) groups is 1. The molecule has 2 aromatic rings. The average Bonchev–Trinajstić information content (AvgIpc) is 2.57. The Morgan fingerprint density at radius 2 is 1.74 bits per heavy atom. The monoisotopic (exact) mass is 376 g/mol. The molecule has 0 aliphatic carbocycles. The standard InChI is InChI=1S/C18H21BrN2O2/c19-17-8-6-15(7-9-17)10-11-20-18(23)21(12-13-22)14-16-4-2-1-3-5-16/h1-9,22H,10-14H2,(H,20,23). The van der Waals surface area contributed by atoms with Crippen LogP contribution >= 0.6 is 15.9 Å². The second-order valence-corrected chi connectivity index (χ2v) is 6.15. The minimum atomic E-state index is -0.153. The molecule has 2 rings (SSSR count). The van der Waals surface area contributed by atoms with E-state index in [1.807, 2.05) is 54.6 Å². The second-order valence-electron chi connectivity index (χ2n) is 5.24. The predicted octanol–water partition coefficient (Wildman–Crippen LogP) is 3.20. The lowest BCUT2D eigenvalue weighted by atomic mass is 10.1. The van der Waals surface area contributed by atoms with Crippen LogP contribution in [0.2, 0.25) is 0 Å². The molecule has 122 valence electrons. The highest BCUT2D eigenvalue weighted by Gasteiger charge is 2.12. The van der Waals surface area contributed by atoms with Crippen LogP contribution in [0.1, 0.15) is 11.1 Å². The number of carbonyl (C=O) groups excluding carboxylic acids is 1. The van der Waals surface area contributed by atoms with Crippen LogP contribution in [-0.4, -0.2) is 35.7 Å². The van der Waals surface area contributed by atoms with Gasteiger partial charge in [0.1, 0.15) is 0 Å². The van der Waals surface area contributed by atoms with Crippen LogP contribution < -0.4 is 5.32 Å². The lowest BCUT2D eigenvalue weighted by Gasteiger charge is -2.22. The fourth-order valence-electron chi connectivity index (χ4n) is 2.25. The number of hydrogen-bond acceptors (Lipinski definition) is 2. The fraction of sp³-hybridized carbons (Fsp3) is 0.278. The SMILES string of the molecule is O=C(NCCc1ccc(Br)cc1)N(CCO)Cc1ccccc1. The minimum absolute atomic E-state index is 0.0486. The first-order chi connectivity index (χ1) is 11.2. The summed E-state index contributed by atoms with van der Waals surface area (Å²) in [6.07, 6.45) is 0.775. The van der Waals surface area contributed by atoms with Gasteiger partial charge >= 0.3 is 6.03 Å². The van der Waals surface area contributed by atoms with Gasteiger partial charge in [-0.05, 0) is 29.7 Å². The van der Waals surface area contributed by atoms with Crippen LogP contribution in [0, 0.1) is 0 Å². The summed E-state index contributed by atoms with van der Waals surface area (Å²) in [5.41, 5.74) is 2.22. The number of halogens is 1. The van der Waals surface area contributed by atoms with E-state index >= 15 is 0 Å². The molecule has 0 heterocycles. The van der Waals surface area contributed by atoms with Crippen molar-refractivity contribution in [3.8, 4) is 0 Å². The average molecular weight is 377 g/mol. The smallest absolute Gasteiger partial charge is 0.317 e. The number of nitrogens with zero attached hydrogens (tertiary/aromatic N) is 1. The van der Waals surface area contributed by atoms with Crippen molar-refractivity contribution in [1.82, 2.24) is 10.2 Å². The molecule has 0 atom stereocenters. The van der Waals surface area contributed by atoms with Crippen molar-refractivity contribution >= 4 is 22.0 Å². The Kier molecular flexibility index (Phi) is 7.10. The molecule has 4 nitrogen and oxygen atoms in total. The van der Waals surface area contributed by atoms with Gasteiger partial charge in [-0.2, -0.15) is 0 Å². The molecule has 0 aromatic heterocycles. The first-order valence-electron chi connectivity index (χ1n) is 7.61. The molecule has 0 fully saturated rings. The molecule has 0 unspecified atom stereocenters. The Morgan fingerprint density at radius 1 is 1.04 bits per heavy atom. The zero-order valence-corrected chi connectivity index (χ0v) is 14.5. The molecule has 0 saturated carbocycles. The number of hydrogen-bond donors (Lipinski definition) is 2. The van der Waals surface area contributed by atoms with E-state index in [-0.39, 0.29) is 12.6 Å². The van der Waals surface area contributed by atoms with E-state index in [0.29, 0.717) is 19.6 Å². The molecule has 0 spiro atoms. The Morgan fingerprint density at radius 3 is 2.39 bits per heavy atom. The van der Waals surface area contributed by atoms with Crippen LogP contribution in [0.15, 0.2) is 59.1 Å². The molecule has 2 N–H and O–H groups in total. The van der Waals surface area contributed by atoms with Gasteiger partial charge in [0.25, 0.3) is 0 Å². The van der Waals surface area contributed by atoms with E-state index in [9.17, 15) is 4.79 Å². The van der Waals surface area contributed by atoms with E-state index in [2.05, 4.69) is 21.2 Å². The maximum atomic E-state index is 12.3. The van der Waals surface area contributed by atoms with E-state index in [1.165, 1.54) is 5.56 Å². The maximum absolute atomic E-state index is 12.3. The van der Waals surface area contributed by atoms with Crippen LogP contribution in [0.25, 0.3) is 0 Å². The van der Waals surface area contributed by atoms with Gasteiger partial charge in [-0.25, -0.2) is 4.79 Å². The van der Waals surface area contributed by atoms with Gasteiger partial charge in [0.2, 0.25) is 0 Å². The van der Waals surface area contributed by atoms with E-state index in [4.69, 9.17) is 5.11 Å². The normalized spacial score (nSPS) is 10.3. The lowest BCUT2D eigenvalue weighted by molar-refractivity contribution is 0.174. The van der Waals surface area contributed by atoms with Crippen molar-refractivity contribution in [2.24, 2.45) is 0 Å². The lowest BCUT2D eigenvalue weighted by Crippen LogP contribution is -2.41. The van der Waals surface area contributed by atoms with Crippen LogP contribution in [0.5, 0.6) is 0 Å². The van der Waals surface area contributed by atoms with Crippen molar-refractivity contribution in [3.63, 3.8) is 0 Å². The predicted molar refractivity (Wildman–Crippen MR) is 95.2 cm³/mol. The van der Waals surface area contributed by atoms with Gasteiger partial charge in [0.15, 0.2) is 0 Å². The summed E-state index contributed by atoms with van der Waals surface area (Å²) in [5.74, 6) is 0.